The molecule has 128 valence electrons. The largest absolute Gasteiger partial charge is 0.494 e. The van der Waals surface area contributed by atoms with E-state index in [0.29, 0.717) is 5.92 Å². The Hall–Kier alpha value is -1.76. The maximum atomic E-state index is 5.97. The van der Waals surface area contributed by atoms with Crippen molar-refractivity contribution in [3.05, 3.63) is 65.2 Å². The minimum atomic E-state index is 0.139. The summed E-state index contributed by atoms with van der Waals surface area (Å²) in [5, 5.41) is 0. The lowest BCUT2D eigenvalue weighted by Crippen LogP contribution is -2.20. The third-order valence-electron chi connectivity index (χ3n) is 5.28. The van der Waals surface area contributed by atoms with Gasteiger partial charge in [-0.2, -0.15) is 0 Å². The van der Waals surface area contributed by atoms with Crippen LogP contribution in [-0.4, -0.2) is 6.61 Å². The maximum Gasteiger partial charge on any atom is 0.119 e. The van der Waals surface area contributed by atoms with Crippen LogP contribution in [0, 0.1) is 0 Å². The summed E-state index contributed by atoms with van der Waals surface area (Å²) in [6, 6.07) is 17.8. The fraction of sp³-hybridized carbons (Fsp3) is 0.478. The van der Waals surface area contributed by atoms with E-state index in [9.17, 15) is 0 Å². The van der Waals surface area contributed by atoms with Gasteiger partial charge in [0, 0.05) is 0 Å². The van der Waals surface area contributed by atoms with E-state index < -0.39 is 0 Å². The lowest BCUT2D eigenvalue weighted by atomic mass is 9.81. The quantitative estimate of drug-likeness (QED) is 0.570. The highest BCUT2D eigenvalue weighted by Crippen LogP contribution is 2.40. The van der Waals surface area contributed by atoms with Gasteiger partial charge in [0.15, 0.2) is 0 Å². The monoisotopic (exact) mass is 322 g/mol. The molecule has 1 saturated carbocycles. The summed E-state index contributed by atoms with van der Waals surface area (Å²) >= 11 is 0. The van der Waals surface area contributed by atoms with Gasteiger partial charge in [-0.1, -0.05) is 64.1 Å². The molecule has 0 aliphatic heterocycles. The van der Waals surface area contributed by atoms with Gasteiger partial charge in [0.05, 0.1) is 6.61 Å². The van der Waals surface area contributed by atoms with Crippen molar-refractivity contribution in [2.45, 2.75) is 64.2 Å². The number of hydrogen-bond acceptors (Lipinski definition) is 1. The van der Waals surface area contributed by atoms with Gasteiger partial charge in [-0.25, -0.2) is 0 Å². The highest BCUT2D eigenvalue weighted by molar-refractivity contribution is 5.32. The van der Waals surface area contributed by atoms with Gasteiger partial charge in [-0.3, -0.25) is 0 Å². The van der Waals surface area contributed by atoms with Crippen molar-refractivity contribution in [1.82, 2.24) is 0 Å². The van der Waals surface area contributed by atoms with E-state index in [1.165, 1.54) is 29.5 Å². The Balaban J connectivity index is 1.54. The van der Waals surface area contributed by atoms with Crippen LogP contribution in [0.4, 0.5) is 0 Å². The molecule has 24 heavy (non-hydrogen) atoms. The molecule has 1 nitrogen and oxygen atoms in total. The molecule has 0 amide bonds. The minimum Gasteiger partial charge on any atom is -0.494 e. The fourth-order valence-corrected chi connectivity index (χ4v) is 3.14. The third-order valence-corrected chi connectivity index (χ3v) is 5.28. The smallest absolute Gasteiger partial charge is 0.119 e. The Morgan fingerprint density at radius 1 is 0.958 bits per heavy atom. The van der Waals surface area contributed by atoms with E-state index >= 15 is 0 Å². The van der Waals surface area contributed by atoms with Gasteiger partial charge < -0.3 is 4.74 Å². The number of benzene rings is 2. The number of hydrogen-bond donors (Lipinski definition) is 0. The molecule has 2 aromatic rings. The Labute approximate surface area is 147 Å². The Kier molecular flexibility index (Phi) is 4.99. The zero-order valence-electron chi connectivity index (χ0n) is 15.5. The van der Waals surface area contributed by atoms with E-state index in [0.717, 1.165) is 24.7 Å². The zero-order chi connectivity index (χ0) is 17.2. The molecule has 0 atom stereocenters. The highest BCUT2D eigenvalue weighted by atomic mass is 16.5. The van der Waals surface area contributed by atoms with Gasteiger partial charge in [-0.15, -0.1) is 0 Å². The second kappa shape index (κ2) is 7.01. The van der Waals surface area contributed by atoms with Crippen LogP contribution in [0.25, 0.3) is 0 Å². The molecule has 0 N–H and O–H groups in total. The van der Waals surface area contributed by atoms with Crippen molar-refractivity contribution < 1.29 is 4.74 Å². The van der Waals surface area contributed by atoms with E-state index in [4.69, 9.17) is 4.74 Å². The van der Waals surface area contributed by atoms with Crippen LogP contribution in [0.5, 0.6) is 5.75 Å². The molecule has 0 bridgehead atoms. The molecule has 3 rings (SSSR count). The molecule has 1 aliphatic carbocycles. The van der Waals surface area contributed by atoms with Crippen molar-refractivity contribution >= 4 is 0 Å². The second-order valence-corrected chi connectivity index (χ2v) is 8.10. The van der Waals surface area contributed by atoms with Crippen molar-refractivity contribution in [3.8, 4) is 5.75 Å². The van der Waals surface area contributed by atoms with E-state index in [1.54, 1.807) is 0 Å². The van der Waals surface area contributed by atoms with Crippen LogP contribution in [-0.2, 0) is 5.41 Å². The Morgan fingerprint density at radius 3 is 2.12 bits per heavy atom. The van der Waals surface area contributed by atoms with Gasteiger partial charge in [-0.05, 0) is 65.3 Å². The molecular formula is C23H30O. The predicted octanol–water partition coefficient (Wildman–Crippen LogP) is 6.43. The second-order valence-electron chi connectivity index (χ2n) is 8.10. The van der Waals surface area contributed by atoms with E-state index in [2.05, 4.69) is 76.2 Å². The van der Waals surface area contributed by atoms with E-state index in [1.807, 2.05) is 0 Å². The molecule has 0 spiro atoms. The summed E-state index contributed by atoms with van der Waals surface area (Å²) in [7, 11) is 0. The highest BCUT2D eigenvalue weighted by Gasteiger charge is 2.25. The normalized spacial score (nSPS) is 14.9. The van der Waals surface area contributed by atoms with Crippen LogP contribution in [0.1, 0.15) is 75.5 Å². The van der Waals surface area contributed by atoms with Gasteiger partial charge >= 0.3 is 0 Å². The van der Waals surface area contributed by atoms with Crippen LogP contribution in [0.15, 0.2) is 48.5 Å². The first kappa shape index (κ1) is 17.1. The SMILES string of the molecule is CC(C)c1ccc(OCCC(C)(C)c2ccc(C3CC3)cc2)cc1. The lowest BCUT2D eigenvalue weighted by Gasteiger charge is -2.25. The molecule has 0 unspecified atom stereocenters. The third kappa shape index (κ3) is 4.20. The predicted molar refractivity (Wildman–Crippen MR) is 102 cm³/mol. The van der Waals surface area contributed by atoms with Gasteiger partial charge in [0.1, 0.15) is 5.75 Å². The molecule has 0 aromatic heterocycles. The number of ether oxygens (including phenoxy) is 1. The topological polar surface area (TPSA) is 9.23 Å². The fourth-order valence-electron chi connectivity index (χ4n) is 3.14. The Morgan fingerprint density at radius 2 is 1.58 bits per heavy atom. The molecule has 0 heterocycles. The first-order chi connectivity index (χ1) is 11.5. The average molecular weight is 322 g/mol. The summed E-state index contributed by atoms with van der Waals surface area (Å²) in [6.07, 6.45) is 3.75. The van der Waals surface area contributed by atoms with E-state index in [-0.39, 0.29) is 5.41 Å². The van der Waals surface area contributed by atoms with Gasteiger partial charge in [0.25, 0.3) is 0 Å². The summed E-state index contributed by atoms with van der Waals surface area (Å²) in [5.74, 6) is 2.37. The first-order valence-electron chi connectivity index (χ1n) is 9.29. The van der Waals surface area contributed by atoms with Gasteiger partial charge in [0.2, 0.25) is 0 Å². The van der Waals surface area contributed by atoms with Crippen LogP contribution < -0.4 is 4.74 Å². The molecular weight excluding hydrogens is 292 g/mol. The molecule has 0 saturated heterocycles. The Bertz CT molecular complexity index is 645. The summed E-state index contributed by atoms with van der Waals surface area (Å²) in [4.78, 5) is 0. The minimum absolute atomic E-state index is 0.139. The maximum absolute atomic E-state index is 5.97. The molecule has 1 fully saturated rings. The standard InChI is InChI=1S/C23H30O/c1-17(2)18-9-13-22(14-10-18)24-16-15-23(3,4)21-11-7-20(8-12-21)19-5-6-19/h7-14,17,19H,5-6,15-16H2,1-4H3. The molecule has 1 heteroatoms. The summed E-state index contributed by atoms with van der Waals surface area (Å²) in [5.41, 5.74) is 4.42. The van der Waals surface area contributed by atoms with Crippen molar-refractivity contribution in [1.29, 1.82) is 0 Å². The average Bonchev–Trinajstić information content (AvgIpc) is 3.40. The summed E-state index contributed by atoms with van der Waals surface area (Å²) < 4.78 is 5.97. The molecule has 2 aromatic carbocycles. The first-order valence-corrected chi connectivity index (χ1v) is 9.29. The van der Waals surface area contributed by atoms with Crippen LogP contribution in [0.3, 0.4) is 0 Å². The van der Waals surface area contributed by atoms with Crippen molar-refractivity contribution in [3.63, 3.8) is 0 Å². The summed E-state index contributed by atoms with van der Waals surface area (Å²) in [6.45, 7) is 9.80. The number of rotatable bonds is 7. The zero-order valence-corrected chi connectivity index (χ0v) is 15.5. The van der Waals surface area contributed by atoms with Crippen LogP contribution >= 0.6 is 0 Å². The van der Waals surface area contributed by atoms with Crippen molar-refractivity contribution in [2.24, 2.45) is 0 Å². The van der Waals surface area contributed by atoms with Crippen LogP contribution in [0.2, 0.25) is 0 Å². The van der Waals surface area contributed by atoms with Crippen molar-refractivity contribution in [2.75, 3.05) is 6.61 Å². The molecule has 0 radical (unpaired) electrons. The molecule has 1 aliphatic rings. The lowest BCUT2D eigenvalue weighted by molar-refractivity contribution is 0.272.